The zero-order chi connectivity index (χ0) is 14.0. The number of hydrogen-bond acceptors (Lipinski definition) is 3. The first-order valence-corrected chi connectivity index (χ1v) is 6.96. The lowest BCUT2D eigenvalue weighted by atomic mass is 10.1. The summed E-state index contributed by atoms with van der Waals surface area (Å²) in [6, 6.07) is 6.16. The lowest BCUT2D eigenvalue weighted by Crippen LogP contribution is -2.32. The molecular weight excluding hydrogens is 262 g/mol. The van der Waals surface area contributed by atoms with Gasteiger partial charge >= 0.3 is 5.97 Å². The van der Waals surface area contributed by atoms with Gasteiger partial charge in [-0.15, -0.1) is 0 Å². The summed E-state index contributed by atoms with van der Waals surface area (Å²) in [7, 11) is 0. The highest BCUT2D eigenvalue weighted by atomic mass is 35.5. The molecule has 1 N–H and O–H groups in total. The van der Waals surface area contributed by atoms with Gasteiger partial charge in [0.05, 0.1) is 6.54 Å². The molecule has 4 heteroatoms. The van der Waals surface area contributed by atoms with Gasteiger partial charge in [0.1, 0.15) is 5.60 Å². The van der Waals surface area contributed by atoms with Gasteiger partial charge in [0.25, 0.3) is 0 Å². The largest absolute Gasteiger partial charge is 0.459 e. The van der Waals surface area contributed by atoms with Crippen LogP contribution in [-0.2, 0) is 16.0 Å². The highest BCUT2D eigenvalue weighted by Crippen LogP contribution is 2.32. The number of fused-ring (bicyclic) bond motifs is 1. The molecule has 0 saturated carbocycles. The first kappa shape index (κ1) is 14.4. The molecule has 2 rings (SSSR count). The molecule has 0 aliphatic heterocycles. The maximum absolute atomic E-state index is 11.7. The van der Waals surface area contributed by atoms with Crippen molar-refractivity contribution in [1.82, 2.24) is 5.32 Å². The number of benzene rings is 1. The molecule has 0 aromatic heterocycles. The summed E-state index contributed by atoms with van der Waals surface area (Å²) in [5, 5.41) is 4.03. The van der Waals surface area contributed by atoms with Crippen LogP contribution in [-0.4, -0.2) is 18.1 Å². The minimum Gasteiger partial charge on any atom is -0.459 e. The number of aryl methyl sites for hydroxylation is 1. The molecular formula is C15H20ClNO2. The summed E-state index contributed by atoms with van der Waals surface area (Å²) >= 11 is 5.98. The Morgan fingerprint density at radius 3 is 2.89 bits per heavy atom. The average molecular weight is 282 g/mol. The summed E-state index contributed by atoms with van der Waals surface area (Å²) in [4.78, 5) is 11.7. The summed E-state index contributed by atoms with van der Waals surface area (Å²) in [6.07, 6.45) is 2.00. The topological polar surface area (TPSA) is 38.3 Å². The third-order valence-electron chi connectivity index (χ3n) is 3.10. The third kappa shape index (κ3) is 3.95. The van der Waals surface area contributed by atoms with Gasteiger partial charge in [-0.1, -0.05) is 17.7 Å². The van der Waals surface area contributed by atoms with E-state index in [4.69, 9.17) is 16.3 Å². The van der Waals surface area contributed by atoms with E-state index in [2.05, 4.69) is 5.32 Å². The second kappa shape index (κ2) is 5.51. The maximum Gasteiger partial charge on any atom is 0.320 e. The van der Waals surface area contributed by atoms with Crippen LogP contribution in [0.4, 0.5) is 0 Å². The van der Waals surface area contributed by atoms with E-state index in [1.165, 1.54) is 11.1 Å². The second-order valence-corrected chi connectivity index (χ2v) is 6.34. The second-order valence-electron chi connectivity index (χ2n) is 5.90. The number of hydrogen-bond donors (Lipinski definition) is 1. The maximum atomic E-state index is 11.7. The van der Waals surface area contributed by atoms with Crippen molar-refractivity contribution in [3.05, 3.63) is 34.3 Å². The number of halogens is 1. The Labute approximate surface area is 119 Å². The van der Waals surface area contributed by atoms with Gasteiger partial charge in [0.15, 0.2) is 0 Å². The Balaban J connectivity index is 1.91. The summed E-state index contributed by atoms with van der Waals surface area (Å²) in [6.45, 7) is 5.86. The zero-order valence-electron chi connectivity index (χ0n) is 11.6. The molecule has 0 saturated heterocycles. The van der Waals surface area contributed by atoms with E-state index < -0.39 is 5.60 Å². The molecule has 0 radical (unpaired) electrons. The van der Waals surface area contributed by atoms with Gasteiger partial charge in [0, 0.05) is 11.1 Å². The van der Waals surface area contributed by atoms with Gasteiger partial charge in [-0.05, 0) is 56.9 Å². The summed E-state index contributed by atoms with van der Waals surface area (Å²) in [5.74, 6) is -0.213. The molecule has 1 aliphatic carbocycles. The van der Waals surface area contributed by atoms with Crippen molar-refractivity contribution in [2.75, 3.05) is 6.54 Å². The van der Waals surface area contributed by atoms with Crippen LogP contribution < -0.4 is 5.32 Å². The van der Waals surface area contributed by atoms with Gasteiger partial charge in [-0.2, -0.15) is 0 Å². The van der Waals surface area contributed by atoms with E-state index in [9.17, 15) is 4.79 Å². The number of esters is 1. The fourth-order valence-corrected chi connectivity index (χ4v) is 2.58. The van der Waals surface area contributed by atoms with E-state index >= 15 is 0 Å². The van der Waals surface area contributed by atoms with Crippen LogP contribution >= 0.6 is 11.6 Å². The van der Waals surface area contributed by atoms with Gasteiger partial charge < -0.3 is 10.1 Å². The lowest BCUT2D eigenvalue weighted by Gasteiger charge is -2.21. The average Bonchev–Trinajstić information content (AvgIpc) is 2.66. The quantitative estimate of drug-likeness (QED) is 0.864. The van der Waals surface area contributed by atoms with Gasteiger partial charge in [-0.25, -0.2) is 0 Å². The molecule has 1 atom stereocenters. The molecule has 3 nitrogen and oxygen atoms in total. The van der Waals surface area contributed by atoms with E-state index in [1.807, 2.05) is 39.0 Å². The van der Waals surface area contributed by atoms with Crippen LogP contribution in [0.5, 0.6) is 0 Å². The van der Waals surface area contributed by atoms with E-state index in [0.29, 0.717) is 0 Å². The van der Waals surface area contributed by atoms with E-state index in [0.717, 1.165) is 17.9 Å². The highest BCUT2D eigenvalue weighted by molar-refractivity contribution is 6.30. The minimum absolute atomic E-state index is 0.213. The molecule has 0 heterocycles. The summed E-state index contributed by atoms with van der Waals surface area (Å²) in [5.41, 5.74) is 2.09. The predicted octanol–water partition coefficient (Wildman–Crippen LogP) is 3.26. The Hall–Kier alpha value is -1.06. The van der Waals surface area contributed by atoms with Crippen LogP contribution in [0, 0.1) is 0 Å². The Morgan fingerprint density at radius 1 is 1.47 bits per heavy atom. The van der Waals surface area contributed by atoms with E-state index in [1.54, 1.807) is 0 Å². The van der Waals surface area contributed by atoms with E-state index in [-0.39, 0.29) is 18.6 Å². The van der Waals surface area contributed by atoms with Crippen molar-refractivity contribution in [3.8, 4) is 0 Å². The standard InChI is InChI=1S/C15H20ClNO2/c1-15(2,3)19-14(18)9-17-13-7-4-10-8-11(16)5-6-12(10)13/h5-6,8,13,17H,4,7,9H2,1-3H3. The monoisotopic (exact) mass is 281 g/mol. The zero-order valence-corrected chi connectivity index (χ0v) is 12.4. The van der Waals surface area contributed by atoms with Crippen LogP contribution in [0.25, 0.3) is 0 Å². The predicted molar refractivity (Wildman–Crippen MR) is 76.4 cm³/mol. The van der Waals surface area contributed by atoms with Crippen LogP contribution in [0.2, 0.25) is 5.02 Å². The van der Waals surface area contributed by atoms with Crippen molar-refractivity contribution in [2.45, 2.75) is 45.3 Å². The Bertz CT molecular complexity index is 480. The molecule has 19 heavy (non-hydrogen) atoms. The molecule has 104 valence electrons. The lowest BCUT2D eigenvalue weighted by molar-refractivity contribution is -0.153. The SMILES string of the molecule is CC(C)(C)OC(=O)CNC1CCc2cc(Cl)ccc21. The fraction of sp³-hybridized carbons (Fsp3) is 0.533. The molecule has 1 aromatic rings. The minimum atomic E-state index is -0.431. The Morgan fingerprint density at radius 2 is 2.21 bits per heavy atom. The molecule has 1 unspecified atom stereocenters. The van der Waals surface area contributed by atoms with Crippen molar-refractivity contribution in [2.24, 2.45) is 0 Å². The fourth-order valence-electron chi connectivity index (χ4n) is 2.38. The van der Waals surface area contributed by atoms with Crippen LogP contribution in [0.1, 0.15) is 44.4 Å². The summed E-state index contributed by atoms with van der Waals surface area (Å²) < 4.78 is 5.28. The number of rotatable bonds is 3. The van der Waals surface area contributed by atoms with Crippen molar-refractivity contribution < 1.29 is 9.53 Å². The molecule has 0 bridgehead atoms. The van der Waals surface area contributed by atoms with Crippen LogP contribution in [0.15, 0.2) is 18.2 Å². The molecule has 0 amide bonds. The number of carbonyl (C=O) groups excluding carboxylic acids is 1. The van der Waals surface area contributed by atoms with Crippen molar-refractivity contribution >= 4 is 17.6 Å². The van der Waals surface area contributed by atoms with Gasteiger partial charge in [0.2, 0.25) is 0 Å². The molecule has 1 aromatic carbocycles. The molecule has 1 aliphatic rings. The number of nitrogens with one attached hydrogen (secondary N) is 1. The third-order valence-corrected chi connectivity index (χ3v) is 3.33. The molecule has 0 fully saturated rings. The first-order chi connectivity index (χ1) is 8.85. The smallest absolute Gasteiger partial charge is 0.320 e. The number of ether oxygens (including phenoxy) is 1. The molecule has 0 spiro atoms. The Kier molecular flexibility index (Phi) is 4.16. The van der Waals surface area contributed by atoms with Crippen molar-refractivity contribution in [3.63, 3.8) is 0 Å². The van der Waals surface area contributed by atoms with Gasteiger partial charge in [-0.3, -0.25) is 4.79 Å². The van der Waals surface area contributed by atoms with Crippen molar-refractivity contribution in [1.29, 1.82) is 0 Å². The number of carbonyl (C=O) groups is 1. The highest BCUT2D eigenvalue weighted by Gasteiger charge is 2.24. The first-order valence-electron chi connectivity index (χ1n) is 6.59. The normalized spacial score (nSPS) is 18.2. The van der Waals surface area contributed by atoms with Crippen LogP contribution in [0.3, 0.4) is 0 Å².